The molecule has 0 radical (unpaired) electrons. The molecule has 22 heavy (non-hydrogen) atoms. The van der Waals surface area contributed by atoms with Crippen LogP contribution in [-0.2, 0) is 10.0 Å². The third-order valence-corrected chi connectivity index (χ3v) is 3.47. The molecule has 0 atom stereocenters. The highest BCUT2D eigenvalue weighted by atomic mass is 32.2. The number of hydrogen-bond donors (Lipinski definition) is 1. The Morgan fingerprint density at radius 3 is 2.59 bits per heavy atom. The van der Waals surface area contributed by atoms with Crippen LogP contribution < -0.4 is 10.1 Å². The molecule has 1 aromatic carbocycles. The van der Waals surface area contributed by atoms with E-state index in [2.05, 4.69) is 9.71 Å². The zero-order valence-electron chi connectivity index (χ0n) is 12.5. The van der Waals surface area contributed by atoms with E-state index in [9.17, 15) is 8.42 Å². The highest BCUT2D eigenvalue weighted by Crippen LogP contribution is 2.14. The van der Waals surface area contributed by atoms with Crippen molar-refractivity contribution in [2.45, 2.75) is 6.42 Å². The van der Waals surface area contributed by atoms with Crippen molar-refractivity contribution in [2.75, 3.05) is 13.4 Å². The minimum absolute atomic E-state index is 0.409. The molecule has 1 aromatic rings. The summed E-state index contributed by atoms with van der Waals surface area (Å²) in [6.45, 7) is 0. The molecule has 0 bridgehead atoms. The molecule has 0 unspecified atom stereocenters. The summed E-state index contributed by atoms with van der Waals surface area (Å²) in [4.78, 5) is 0. The first-order chi connectivity index (χ1) is 10.5. The Labute approximate surface area is 130 Å². The molecule has 0 saturated carbocycles. The second kappa shape index (κ2) is 7.09. The number of methoxy groups -OCH3 is 1. The van der Waals surface area contributed by atoms with Crippen molar-refractivity contribution >= 4 is 21.9 Å². The Bertz CT molecular complexity index is 742. The van der Waals surface area contributed by atoms with Crippen LogP contribution in [0.5, 0.6) is 5.75 Å². The number of sulfonamides is 1. The molecule has 0 fully saturated rings. The van der Waals surface area contributed by atoms with Gasteiger partial charge in [-0.25, -0.2) is 8.42 Å². The third-order valence-electron chi connectivity index (χ3n) is 2.92. The Morgan fingerprint density at radius 1 is 1.23 bits per heavy atom. The zero-order chi connectivity index (χ0) is 16.0. The van der Waals surface area contributed by atoms with Crippen molar-refractivity contribution in [3.8, 4) is 5.75 Å². The Kier molecular flexibility index (Phi) is 5.16. The quantitative estimate of drug-likeness (QED) is 0.926. The lowest BCUT2D eigenvalue weighted by atomic mass is 10.1. The normalized spacial score (nSPS) is 17.2. The van der Waals surface area contributed by atoms with E-state index < -0.39 is 10.0 Å². The number of ether oxygens (including phenoxy) is 1. The first-order valence-corrected chi connectivity index (χ1v) is 8.55. The van der Waals surface area contributed by atoms with E-state index in [1.807, 2.05) is 48.6 Å². The third kappa shape index (κ3) is 5.21. The van der Waals surface area contributed by atoms with Gasteiger partial charge in [-0.05, 0) is 29.3 Å². The van der Waals surface area contributed by atoms with Crippen LogP contribution in [0.3, 0.4) is 0 Å². The van der Waals surface area contributed by atoms with Gasteiger partial charge in [0.15, 0.2) is 0 Å². The van der Waals surface area contributed by atoms with Gasteiger partial charge in [-0.3, -0.25) is 0 Å². The predicted octanol–water partition coefficient (Wildman–Crippen LogP) is 2.50. The molecule has 1 N–H and O–H groups in total. The maximum absolute atomic E-state index is 11.2. The maximum Gasteiger partial charge on any atom is 0.251 e. The standard InChI is InChI=1S/C16H18N2O3S/c1-21-15-8-5-13(6-9-15)3-4-14-7-10-16(17-12-11-14)18-22(2,19)20/h3-9,11-12H,10H2,1-2H3,(H,17,18). The van der Waals surface area contributed by atoms with Gasteiger partial charge in [0, 0.05) is 12.6 Å². The highest BCUT2D eigenvalue weighted by Gasteiger charge is 2.04. The fourth-order valence-corrected chi connectivity index (χ4v) is 2.40. The van der Waals surface area contributed by atoms with E-state index in [1.54, 1.807) is 13.3 Å². The van der Waals surface area contributed by atoms with E-state index >= 15 is 0 Å². The summed E-state index contributed by atoms with van der Waals surface area (Å²) in [7, 11) is -1.75. The number of benzene rings is 1. The SMILES string of the molecule is COc1ccc(C=CC2=CCC(=NS(C)(=O)=O)NC=C2)cc1. The average molecular weight is 318 g/mol. The van der Waals surface area contributed by atoms with E-state index in [4.69, 9.17) is 4.74 Å². The summed E-state index contributed by atoms with van der Waals surface area (Å²) in [5, 5.41) is 2.87. The van der Waals surface area contributed by atoms with Gasteiger partial charge < -0.3 is 10.1 Å². The van der Waals surface area contributed by atoms with Gasteiger partial charge in [-0.1, -0.05) is 30.4 Å². The first kappa shape index (κ1) is 16.0. The summed E-state index contributed by atoms with van der Waals surface area (Å²) in [6.07, 6.45) is 10.9. The van der Waals surface area contributed by atoms with Crippen LogP contribution in [0.4, 0.5) is 0 Å². The number of allylic oxidation sites excluding steroid dienone is 3. The van der Waals surface area contributed by atoms with Crippen molar-refractivity contribution in [3.63, 3.8) is 0 Å². The summed E-state index contributed by atoms with van der Waals surface area (Å²) in [6, 6.07) is 7.72. The number of nitrogens with one attached hydrogen (secondary N) is 1. The molecule has 6 heteroatoms. The predicted molar refractivity (Wildman–Crippen MR) is 89.3 cm³/mol. The first-order valence-electron chi connectivity index (χ1n) is 6.70. The average Bonchev–Trinajstić information content (AvgIpc) is 2.69. The Morgan fingerprint density at radius 2 is 1.95 bits per heavy atom. The molecule has 0 amide bonds. The van der Waals surface area contributed by atoms with Crippen LogP contribution in [0, 0.1) is 0 Å². The Hall–Kier alpha value is -2.34. The van der Waals surface area contributed by atoms with Crippen molar-refractivity contribution < 1.29 is 13.2 Å². The minimum atomic E-state index is -3.39. The topological polar surface area (TPSA) is 67.8 Å². The van der Waals surface area contributed by atoms with Crippen molar-refractivity contribution in [1.82, 2.24) is 5.32 Å². The van der Waals surface area contributed by atoms with Gasteiger partial charge in [0.25, 0.3) is 10.0 Å². The van der Waals surface area contributed by atoms with E-state index in [0.29, 0.717) is 12.3 Å². The second-order valence-electron chi connectivity index (χ2n) is 4.76. The fraction of sp³-hybridized carbons (Fsp3) is 0.188. The summed E-state index contributed by atoms with van der Waals surface area (Å²) in [5.41, 5.74) is 2.03. The molecule has 1 aliphatic heterocycles. The van der Waals surface area contributed by atoms with Crippen LogP contribution in [0.1, 0.15) is 12.0 Å². The fourth-order valence-electron chi connectivity index (χ4n) is 1.87. The van der Waals surface area contributed by atoms with Gasteiger partial charge >= 0.3 is 0 Å². The molecule has 0 saturated heterocycles. The molecular weight excluding hydrogens is 300 g/mol. The van der Waals surface area contributed by atoms with Gasteiger partial charge in [-0.15, -0.1) is 0 Å². The number of hydrogen-bond acceptors (Lipinski definition) is 3. The van der Waals surface area contributed by atoms with Crippen molar-refractivity contribution in [2.24, 2.45) is 4.40 Å². The van der Waals surface area contributed by atoms with Crippen molar-refractivity contribution in [3.05, 3.63) is 59.8 Å². The van der Waals surface area contributed by atoms with Gasteiger partial charge in [0.1, 0.15) is 11.6 Å². The van der Waals surface area contributed by atoms with Crippen LogP contribution in [0.15, 0.2) is 58.7 Å². The monoisotopic (exact) mass is 318 g/mol. The van der Waals surface area contributed by atoms with Gasteiger partial charge in [-0.2, -0.15) is 4.40 Å². The molecule has 1 heterocycles. The number of rotatable bonds is 4. The molecule has 0 spiro atoms. The summed E-state index contributed by atoms with van der Waals surface area (Å²) in [5.74, 6) is 1.23. The lowest BCUT2D eigenvalue weighted by Gasteiger charge is -1.99. The minimum Gasteiger partial charge on any atom is -0.497 e. The van der Waals surface area contributed by atoms with E-state index in [0.717, 1.165) is 23.1 Å². The van der Waals surface area contributed by atoms with E-state index in [-0.39, 0.29) is 0 Å². The molecule has 5 nitrogen and oxygen atoms in total. The zero-order valence-corrected chi connectivity index (χ0v) is 13.3. The lowest BCUT2D eigenvalue weighted by Crippen LogP contribution is -2.17. The lowest BCUT2D eigenvalue weighted by molar-refractivity contribution is 0.415. The summed E-state index contributed by atoms with van der Waals surface area (Å²) < 4.78 is 31.1. The van der Waals surface area contributed by atoms with Gasteiger partial charge in [0.05, 0.1) is 13.4 Å². The summed E-state index contributed by atoms with van der Waals surface area (Å²) >= 11 is 0. The Balaban J connectivity index is 2.09. The number of nitrogens with zero attached hydrogens (tertiary/aromatic N) is 1. The molecule has 116 valence electrons. The molecule has 1 aliphatic rings. The maximum atomic E-state index is 11.2. The van der Waals surface area contributed by atoms with E-state index in [1.165, 1.54) is 0 Å². The molecule has 0 aliphatic carbocycles. The van der Waals surface area contributed by atoms with Crippen LogP contribution in [-0.4, -0.2) is 27.6 Å². The number of amidine groups is 1. The second-order valence-corrected chi connectivity index (χ2v) is 6.41. The highest BCUT2D eigenvalue weighted by molar-refractivity contribution is 7.89. The smallest absolute Gasteiger partial charge is 0.251 e. The van der Waals surface area contributed by atoms with Crippen LogP contribution in [0.25, 0.3) is 6.08 Å². The molecular formula is C16H18N2O3S. The molecule has 0 aromatic heterocycles. The van der Waals surface area contributed by atoms with Crippen LogP contribution in [0.2, 0.25) is 0 Å². The van der Waals surface area contributed by atoms with Crippen molar-refractivity contribution in [1.29, 1.82) is 0 Å². The van der Waals surface area contributed by atoms with Crippen LogP contribution >= 0.6 is 0 Å². The van der Waals surface area contributed by atoms with Gasteiger partial charge in [0.2, 0.25) is 0 Å². The molecule has 2 rings (SSSR count). The largest absolute Gasteiger partial charge is 0.497 e.